The predicted octanol–water partition coefficient (Wildman–Crippen LogP) is 1.99. The summed E-state index contributed by atoms with van der Waals surface area (Å²) in [5.41, 5.74) is 7.20. The lowest BCUT2D eigenvalue weighted by atomic mass is 10.1. The number of nitrogens with two attached hydrogens (primary N) is 1. The molecule has 4 nitrogen and oxygen atoms in total. The van der Waals surface area contributed by atoms with Crippen LogP contribution in [-0.4, -0.2) is 10.1 Å². The van der Waals surface area contributed by atoms with Crippen molar-refractivity contribution in [3.05, 3.63) is 47.7 Å². The minimum atomic E-state index is -0.137. The summed E-state index contributed by atoms with van der Waals surface area (Å²) >= 11 is 0. The van der Waals surface area contributed by atoms with Crippen molar-refractivity contribution in [1.29, 1.82) is 0 Å². The number of aromatic nitrogens is 1. The maximum atomic E-state index is 9.59. The first-order chi connectivity index (χ1) is 7.66. The fourth-order valence-electron chi connectivity index (χ4n) is 1.44. The molecule has 1 heterocycles. The summed E-state index contributed by atoms with van der Waals surface area (Å²) in [5.74, 6) is 0.817. The summed E-state index contributed by atoms with van der Waals surface area (Å²) < 4.78 is 5.28. The highest BCUT2D eigenvalue weighted by molar-refractivity contribution is 5.33. The first kappa shape index (κ1) is 10.7. The first-order valence-electron chi connectivity index (χ1n) is 5.13. The van der Waals surface area contributed by atoms with Gasteiger partial charge in [-0.15, -0.1) is 0 Å². The van der Waals surface area contributed by atoms with Gasteiger partial charge in [-0.2, -0.15) is 0 Å². The Kier molecular flexibility index (Phi) is 2.92. The molecule has 1 aromatic heterocycles. The van der Waals surface area contributed by atoms with E-state index in [1.54, 1.807) is 18.4 Å². The second kappa shape index (κ2) is 4.37. The minimum absolute atomic E-state index is 0.137. The summed E-state index contributed by atoms with van der Waals surface area (Å²) in [5, 5.41) is 9.59. The number of nitrogens with zero attached hydrogens (tertiary/aromatic N) is 1. The molecule has 3 N–H and O–H groups in total. The zero-order valence-electron chi connectivity index (χ0n) is 9.05. The van der Waals surface area contributed by atoms with E-state index in [1.807, 2.05) is 19.1 Å². The number of rotatable bonds is 3. The number of phenolic OH excluding ortho intramolecular Hbond substituents is 1. The molecule has 1 atom stereocenters. The van der Waals surface area contributed by atoms with E-state index in [9.17, 15) is 5.11 Å². The Balaban J connectivity index is 2.18. The Morgan fingerprint density at radius 2 is 2.19 bits per heavy atom. The number of benzene rings is 1. The maximum absolute atomic E-state index is 9.59. The van der Waals surface area contributed by atoms with Gasteiger partial charge in [0.15, 0.2) is 5.89 Å². The monoisotopic (exact) mass is 218 g/mol. The van der Waals surface area contributed by atoms with Crippen molar-refractivity contribution in [3.63, 3.8) is 0 Å². The molecule has 0 aliphatic carbocycles. The summed E-state index contributed by atoms with van der Waals surface area (Å²) in [6.45, 7) is 1.85. The van der Waals surface area contributed by atoms with E-state index in [-0.39, 0.29) is 11.8 Å². The Morgan fingerprint density at radius 1 is 1.44 bits per heavy atom. The van der Waals surface area contributed by atoms with Crippen LogP contribution in [0.25, 0.3) is 0 Å². The molecule has 0 fully saturated rings. The molecule has 0 spiro atoms. The van der Waals surface area contributed by atoms with Crippen LogP contribution in [0.3, 0.4) is 0 Å². The first-order valence-corrected chi connectivity index (χ1v) is 5.13. The van der Waals surface area contributed by atoms with Gasteiger partial charge in [0.1, 0.15) is 12.0 Å². The third-order valence-electron chi connectivity index (χ3n) is 2.37. The molecule has 2 aromatic rings. The van der Waals surface area contributed by atoms with Crippen LogP contribution in [0.15, 0.2) is 34.9 Å². The van der Waals surface area contributed by atoms with E-state index in [1.165, 1.54) is 0 Å². The Bertz CT molecular complexity index is 477. The molecular weight excluding hydrogens is 204 g/mol. The molecule has 1 aromatic carbocycles. The lowest BCUT2D eigenvalue weighted by Crippen LogP contribution is -2.05. The maximum Gasteiger partial charge on any atom is 0.198 e. The zero-order valence-corrected chi connectivity index (χ0v) is 9.05. The van der Waals surface area contributed by atoms with Crippen LogP contribution in [0.4, 0.5) is 0 Å². The van der Waals surface area contributed by atoms with E-state index in [0.29, 0.717) is 12.3 Å². The molecule has 4 heteroatoms. The van der Waals surface area contributed by atoms with Gasteiger partial charge in [-0.05, 0) is 13.0 Å². The van der Waals surface area contributed by atoms with E-state index in [2.05, 4.69) is 4.98 Å². The lowest BCUT2D eigenvalue weighted by molar-refractivity contribution is 0.461. The summed E-state index contributed by atoms with van der Waals surface area (Å²) in [7, 11) is 0. The highest BCUT2D eigenvalue weighted by Crippen LogP contribution is 2.20. The summed E-state index contributed by atoms with van der Waals surface area (Å²) in [6, 6.07) is 6.99. The molecule has 0 saturated heterocycles. The predicted molar refractivity (Wildman–Crippen MR) is 60.0 cm³/mol. The van der Waals surface area contributed by atoms with Gasteiger partial charge in [0.25, 0.3) is 0 Å². The molecule has 0 aliphatic rings. The smallest absolute Gasteiger partial charge is 0.198 e. The highest BCUT2D eigenvalue weighted by Gasteiger charge is 2.09. The van der Waals surface area contributed by atoms with Crippen molar-refractivity contribution in [1.82, 2.24) is 4.98 Å². The van der Waals surface area contributed by atoms with Crippen LogP contribution in [0.1, 0.15) is 30.1 Å². The van der Waals surface area contributed by atoms with E-state index in [4.69, 9.17) is 10.2 Å². The normalized spacial score (nSPS) is 12.6. The van der Waals surface area contributed by atoms with E-state index in [0.717, 1.165) is 11.3 Å². The summed E-state index contributed by atoms with van der Waals surface area (Å²) in [6.07, 6.45) is 2.03. The lowest BCUT2D eigenvalue weighted by Gasteiger charge is -2.00. The standard InChI is InChI=1S/C12H14N2O2/c1-8(13)10-7-16-12(14-10)6-9-4-2-3-5-11(9)15/h2-5,7-8,15H,6,13H2,1H3. The van der Waals surface area contributed by atoms with Crippen molar-refractivity contribution in [2.24, 2.45) is 5.73 Å². The van der Waals surface area contributed by atoms with Gasteiger partial charge in [-0.25, -0.2) is 4.98 Å². The topological polar surface area (TPSA) is 72.3 Å². The van der Waals surface area contributed by atoms with E-state index < -0.39 is 0 Å². The van der Waals surface area contributed by atoms with Crippen LogP contribution in [0.2, 0.25) is 0 Å². The molecule has 0 saturated carbocycles. The molecule has 0 amide bonds. The van der Waals surface area contributed by atoms with Crippen molar-refractivity contribution in [2.75, 3.05) is 0 Å². The molecule has 0 bridgehead atoms. The number of hydrogen-bond acceptors (Lipinski definition) is 4. The van der Waals surface area contributed by atoms with Gasteiger partial charge >= 0.3 is 0 Å². The van der Waals surface area contributed by atoms with Gasteiger partial charge in [0.2, 0.25) is 0 Å². The van der Waals surface area contributed by atoms with Crippen LogP contribution in [0.5, 0.6) is 5.75 Å². The number of aromatic hydroxyl groups is 1. The SMILES string of the molecule is CC(N)c1coc(Cc2ccccc2O)n1. The van der Waals surface area contributed by atoms with Crippen LogP contribution < -0.4 is 5.73 Å². The Morgan fingerprint density at radius 3 is 2.81 bits per heavy atom. The van der Waals surface area contributed by atoms with E-state index >= 15 is 0 Å². The number of oxazole rings is 1. The molecule has 0 aliphatic heterocycles. The zero-order chi connectivity index (χ0) is 11.5. The Hall–Kier alpha value is -1.81. The average molecular weight is 218 g/mol. The van der Waals surface area contributed by atoms with Crippen molar-refractivity contribution < 1.29 is 9.52 Å². The average Bonchev–Trinajstić information content (AvgIpc) is 2.70. The minimum Gasteiger partial charge on any atom is -0.508 e. The second-order valence-electron chi connectivity index (χ2n) is 3.76. The quantitative estimate of drug-likeness (QED) is 0.826. The fourth-order valence-corrected chi connectivity index (χ4v) is 1.44. The molecular formula is C12H14N2O2. The number of hydrogen-bond donors (Lipinski definition) is 2. The fraction of sp³-hybridized carbons (Fsp3) is 0.250. The van der Waals surface area contributed by atoms with Gasteiger partial charge in [-0.3, -0.25) is 0 Å². The second-order valence-corrected chi connectivity index (χ2v) is 3.76. The Labute approximate surface area is 93.7 Å². The van der Waals surface area contributed by atoms with Gasteiger partial charge in [-0.1, -0.05) is 18.2 Å². The van der Waals surface area contributed by atoms with Crippen LogP contribution in [-0.2, 0) is 6.42 Å². The van der Waals surface area contributed by atoms with Crippen molar-refractivity contribution >= 4 is 0 Å². The molecule has 1 unspecified atom stereocenters. The molecule has 16 heavy (non-hydrogen) atoms. The number of para-hydroxylation sites is 1. The van der Waals surface area contributed by atoms with Crippen molar-refractivity contribution in [2.45, 2.75) is 19.4 Å². The van der Waals surface area contributed by atoms with Crippen LogP contribution in [0, 0.1) is 0 Å². The largest absolute Gasteiger partial charge is 0.508 e. The molecule has 84 valence electrons. The van der Waals surface area contributed by atoms with Gasteiger partial charge in [0, 0.05) is 11.6 Å². The van der Waals surface area contributed by atoms with Crippen molar-refractivity contribution in [3.8, 4) is 5.75 Å². The van der Waals surface area contributed by atoms with Crippen LogP contribution >= 0.6 is 0 Å². The van der Waals surface area contributed by atoms with Gasteiger partial charge in [0.05, 0.1) is 12.1 Å². The third-order valence-corrected chi connectivity index (χ3v) is 2.37. The summed E-state index contributed by atoms with van der Waals surface area (Å²) in [4.78, 5) is 4.24. The molecule has 0 radical (unpaired) electrons. The molecule has 2 rings (SSSR count). The van der Waals surface area contributed by atoms with Gasteiger partial charge < -0.3 is 15.3 Å². The third kappa shape index (κ3) is 2.23. The highest BCUT2D eigenvalue weighted by atomic mass is 16.3. The number of phenols is 1.